The molecule has 1 atom stereocenters. The van der Waals surface area contributed by atoms with E-state index >= 15 is 0 Å². The monoisotopic (exact) mass is 492 g/mol. The van der Waals surface area contributed by atoms with Gasteiger partial charge in [-0.1, -0.05) is 65.8 Å². The maximum absolute atomic E-state index is 13.4. The van der Waals surface area contributed by atoms with Crippen molar-refractivity contribution >= 4 is 17.6 Å². The summed E-state index contributed by atoms with van der Waals surface area (Å²) in [5, 5.41) is 4.11. The van der Waals surface area contributed by atoms with Crippen LogP contribution in [0.25, 0.3) is 11.1 Å². The van der Waals surface area contributed by atoms with Gasteiger partial charge in [-0.25, -0.2) is 4.79 Å². The molecule has 3 aromatic carbocycles. The molecular formula is C30H28N4O3. The number of para-hydroxylation sites is 1. The fraction of sp³-hybridized carbons (Fsp3) is 0.200. The van der Waals surface area contributed by atoms with E-state index in [-0.39, 0.29) is 12.3 Å². The summed E-state index contributed by atoms with van der Waals surface area (Å²) in [6.45, 7) is 5.75. The van der Waals surface area contributed by atoms with Crippen LogP contribution in [0.5, 0.6) is 0 Å². The quantitative estimate of drug-likeness (QED) is 0.311. The highest BCUT2D eigenvalue weighted by Gasteiger charge is 2.32. The molecule has 3 heterocycles. The molecule has 37 heavy (non-hydrogen) atoms. The zero-order valence-corrected chi connectivity index (χ0v) is 20.9. The Labute approximate surface area is 216 Å². The van der Waals surface area contributed by atoms with Crippen LogP contribution >= 0.6 is 0 Å². The van der Waals surface area contributed by atoms with Gasteiger partial charge in [-0.15, -0.1) is 0 Å². The molecule has 0 aliphatic carbocycles. The maximum Gasteiger partial charge on any atom is 0.324 e. The summed E-state index contributed by atoms with van der Waals surface area (Å²) in [7, 11) is 0. The number of hydrogen-bond acceptors (Lipinski definition) is 5. The van der Waals surface area contributed by atoms with Gasteiger partial charge in [0.15, 0.2) is 0 Å². The molecule has 2 aliphatic heterocycles. The molecule has 0 saturated carbocycles. The second-order valence-corrected chi connectivity index (χ2v) is 9.35. The Morgan fingerprint density at radius 2 is 1.70 bits per heavy atom. The lowest BCUT2D eigenvalue weighted by atomic mass is 9.96. The van der Waals surface area contributed by atoms with Gasteiger partial charge in [-0.05, 0) is 48.7 Å². The molecule has 1 aromatic heterocycles. The van der Waals surface area contributed by atoms with E-state index in [9.17, 15) is 4.79 Å². The van der Waals surface area contributed by atoms with Crippen molar-refractivity contribution in [3.8, 4) is 11.1 Å². The van der Waals surface area contributed by atoms with Gasteiger partial charge in [0.1, 0.15) is 6.26 Å². The Morgan fingerprint density at radius 1 is 0.946 bits per heavy atom. The second kappa shape index (κ2) is 9.50. The Balaban J connectivity index is 1.34. The first kappa shape index (κ1) is 22.9. The van der Waals surface area contributed by atoms with Crippen molar-refractivity contribution in [3.63, 3.8) is 0 Å². The molecule has 1 unspecified atom stereocenters. The number of nitrogens with zero attached hydrogens (tertiary/aromatic N) is 4. The van der Waals surface area contributed by atoms with Crippen molar-refractivity contribution in [1.29, 1.82) is 0 Å². The summed E-state index contributed by atoms with van der Waals surface area (Å²) in [4.78, 5) is 19.1. The fourth-order valence-corrected chi connectivity index (χ4v) is 4.96. The van der Waals surface area contributed by atoms with Gasteiger partial charge in [0.05, 0.1) is 5.69 Å². The topological polar surface area (TPSA) is 62.1 Å². The van der Waals surface area contributed by atoms with Gasteiger partial charge in [-0.2, -0.15) is 0 Å². The lowest BCUT2D eigenvalue weighted by Crippen LogP contribution is -2.31. The first-order chi connectivity index (χ1) is 18.1. The van der Waals surface area contributed by atoms with Crippen LogP contribution in [-0.4, -0.2) is 29.2 Å². The SMILES string of the molecule is Cc1noc(N2C=COC2c2ccc(-c3ccccc3)c(CN3CCN(c4ccccc4)C3=O)c2)c1C. The van der Waals surface area contributed by atoms with E-state index in [2.05, 4.69) is 35.5 Å². The highest BCUT2D eigenvalue weighted by molar-refractivity contribution is 5.94. The standard InChI is InChI=1S/C30H28N4O3/c1-21-22(2)31-37-28(21)34-17-18-36-29(34)24-13-14-27(23-9-5-3-6-10-23)25(19-24)20-32-15-16-33(30(32)35)26-11-7-4-8-12-26/h3-14,17-19,29H,15-16,20H2,1-2H3. The number of rotatable bonds is 6. The van der Waals surface area contributed by atoms with Crippen molar-refractivity contribution in [2.45, 2.75) is 26.6 Å². The average Bonchev–Trinajstić information content (AvgIpc) is 3.65. The summed E-state index contributed by atoms with van der Waals surface area (Å²) in [6.07, 6.45) is 3.16. The predicted molar refractivity (Wildman–Crippen MR) is 143 cm³/mol. The van der Waals surface area contributed by atoms with E-state index in [0.717, 1.165) is 39.2 Å². The zero-order valence-electron chi connectivity index (χ0n) is 20.9. The zero-order chi connectivity index (χ0) is 25.4. The lowest BCUT2D eigenvalue weighted by Gasteiger charge is -2.25. The Bertz CT molecular complexity index is 1450. The molecule has 2 aliphatic rings. The van der Waals surface area contributed by atoms with Gasteiger partial charge in [0, 0.05) is 42.6 Å². The van der Waals surface area contributed by atoms with Crippen molar-refractivity contribution in [2.75, 3.05) is 22.9 Å². The van der Waals surface area contributed by atoms with Gasteiger partial charge >= 0.3 is 6.03 Å². The Kier molecular flexibility index (Phi) is 5.88. The number of urea groups is 1. The van der Waals surface area contributed by atoms with Crippen LogP contribution in [0.2, 0.25) is 0 Å². The van der Waals surface area contributed by atoms with E-state index in [1.54, 1.807) is 6.26 Å². The van der Waals surface area contributed by atoms with E-state index in [1.165, 1.54) is 0 Å². The lowest BCUT2D eigenvalue weighted by molar-refractivity contribution is 0.169. The fourth-order valence-electron chi connectivity index (χ4n) is 4.96. The molecule has 186 valence electrons. The second-order valence-electron chi connectivity index (χ2n) is 9.35. The van der Waals surface area contributed by atoms with E-state index in [4.69, 9.17) is 9.26 Å². The largest absolute Gasteiger partial charge is 0.472 e. The molecule has 7 heteroatoms. The van der Waals surface area contributed by atoms with Gasteiger partial charge in [0.2, 0.25) is 12.1 Å². The number of aryl methyl sites for hydroxylation is 1. The van der Waals surface area contributed by atoms with E-state index in [0.29, 0.717) is 25.5 Å². The number of anilines is 2. The first-order valence-corrected chi connectivity index (χ1v) is 12.4. The van der Waals surface area contributed by atoms with Crippen molar-refractivity contribution in [1.82, 2.24) is 10.1 Å². The number of amides is 2. The number of aromatic nitrogens is 1. The molecule has 4 aromatic rings. The van der Waals surface area contributed by atoms with Crippen LogP contribution in [0.4, 0.5) is 16.4 Å². The van der Waals surface area contributed by atoms with Crippen LogP contribution in [0.15, 0.2) is 95.8 Å². The first-order valence-electron chi connectivity index (χ1n) is 12.4. The van der Waals surface area contributed by atoms with Crippen molar-refractivity contribution < 1.29 is 14.1 Å². The van der Waals surface area contributed by atoms with Crippen LogP contribution in [0.3, 0.4) is 0 Å². The van der Waals surface area contributed by atoms with Crippen LogP contribution in [0.1, 0.15) is 28.6 Å². The smallest absolute Gasteiger partial charge is 0.324 e. The summed E-state index contributed by atoms with van der Waals surface area (Å²) in [6, 6.07) is 26.5. The number of ether oxygens (including phenoxy) is 1. The summed E-state index contributed by atoms with van der Waals surface area (Å²) < 4.78 is 11.6. The third-order valence-electron chi connectivity index (χ3n) is 7.07. The number of carbonyl (C=O) groups excluding carboxylic acids is 1. The molecule has 0 radical (unpaired) electrons. The molecular weight excluding hydrogens is 464 g/mol. The minimum Gasteiger partial charge on any atom is -0.472 e. The molecule has 0 N–H and O–H groups in total. The molecule has 7 nitrogen and oxygen atoms in total. The normalized spacial score (nSPS) is 17.1. The Morgan fingerprint density at radius 3 is 2.43 bits per heavy atom. The maximum atomic E-state index is 13.4. The minimum absolute atomic E-state index is 0.0174. The molecule has 1 fully saturated rings. The number of hydrogen-bond donors (Lipinski definition) is 0. The molecule has 0 bridgehead atoms. The number of carbonyl (C=O) groups is 1. The average molecular weight is 493 g/mol. The highest BCUT2D eigenvalue weighted by atomic mass is 16.5. The molecule has 0 spiro atoms. The molecule has 2 amide bonds. The van der Waals surface area contributed by atoms with Crippen molar-refractivity contribution in [2.24, 2.45) is 0 Å². The molecule has 6 rings (SSSR count). The van der Waals surface area contributed by atoms with Crippen LogP contribution < -0.4 is 9.80 Å². The van der Waals surface area contributed by atoms with Gasteiger partial charge in [-0.3, -0.25) is 9.80 Å². The van der Waals surface area contributed by atoms with Gasteiger partial charge in [0.25, 0.3) is 0 Å². The minimum atomic E-state index is -0.385. The van der Waals surface area contributed by atoms with Crippen molar-refractivity contribution in [3.05, 3.63) is 114 Å². The third kappa shape index (κ3) is 4.22. The van der Waals surface area contributed by atoms with Crippen LogP contribution in [-0.2, 0) is 11.3 Å². The summed E-state index contributed by atoms with van der Waals surface area (Å²) in [5.41, 5.74) is 6.99. The highest BCUT2D eigenvalue weighted by Crippen LogP contribution is 2.38. The van der Waals surface area contributed by atoms with Gasteiger partial charge < -0.3 is 14.2 Å². The summed E-state index contributed by atoms with van der Waals surface area (Å²) >= 11 is 0. The Hall–Kier alpha value is -4.52. The molecule has 1 saturated heterocycles. The van der Waals surface area contributed by atoms with Crippen LogP contribution in [0, 0.1) is 13.8 Å². The summed E-state index contributed by atoms with van der Waals surface area (Å²) in [5.74, 6) is 0.665. The van der Waals surface area contributed by atoms with E-state index < -0.39 is 0 Å². The third-order valence-corrected chi connectivity index (χ3v) is 7.07. The predicted octanol–water partition coefficient (Wildman–Crippen LogP) is 6.41. The number of benzene rings is 3. The van der Waals surface area contributed by atoms with E-state index in [1.807, 2.05) is 83.3 Å².